The number of esters is 1. The lowest BCUT2D eigenvalue weighted by molar-refractivity contribution is 0.0526. The van der Waals surface area contributed by atoms with Crippen LogP contribution in [0.15, 0.2) is 18.2 Å². The van der Waals surface area contributed by atoms with E-state index in [0.29, 0.717) is 18.2 Å². The third-order valence-electron chi connectivity index (χ3n) is 3.68. The summed E-state index contributed by atoms with van der Waals surface area (Å²) in [6.07, 6.45) is 0. The van der Waals surface area contributed by atoms with E-state index in [1.54, 1.807) is 17.4 Å². The number of hydrogen-bond acceptors (Lipinski definition) is 6. The molecule has 0 saturated carbocycles. The minimum atomic E-state index is -0.271. The smallest absolute Gasteiger partial charge is 0.338 e. The van der Waals surface area contributed by atoms with E-state index in [2.05, 4.69) is 23.9 Å². The normalized spacial score (nSPS) is 20.2. The van der Waals surface area contributed by atoms with Crippen molar-refractivity contribution in [3.63, 3.8) is 0 Å². The van der Waals surface area contributed by atoms with Crippen molar-refractivity contribution in [1.29, 1.82) is 0 Å². The summed E-state index contributed by atoms with van der Waals surface area (Å²) < 4.78 is 6.09. The lowest BCUT2D eigenvalue weighted by atomic mass is 10.2. The number of hydrogen-bond donors (Lipinski definition) is 0. The number of carbonyl (C=O) groups excluding carboxylic acids is 1. The molecule has 0 bridgehead atoms. The number of carbonyl (C=O) groups is 1. The summed E-state index contributed by atoms with van der Waals surface area (Å²) in [6.45, 7) is 4.15. The Morgan fingerprint density at radius 1 is 1.48 bits per heavy atom. The number of ether oxygens (including phenoxy) is 1. The van der Waals surface area contributed by atoms with Gasteiger partial charge in [-0.15, -0.1) is 11.3 Å². The highest BCUT2D eigenvalue weighted by Crippen LogP contribution is 2.32. The first kappa shape index (κ1) is 14.4. The Bertz CT molecular complexity index is 670. The third kappa shape index (κ3) is 2.79. The monoisotopic (exact) mass is 305 g/mol. The Morgan fingerprint density at radius 3 is 2.95 bits per heavy atom. The maximum absolute atomic E-state index is 11.8. The Kier molecular flexibility index (Phi) is 3.93. The number of fused-ring (bicyclic) bond motifs is 1. The van der Waals surface area contributed by atoms with Crippen LogP contribution in [0.25, 0.3) is 10.2 Å². The number of nitrogens with zero attached hydrogens (tertiary/aromatic N) is 3. The zero-order valence-corrected chi connectivity index (χ0v) is 13.3. The van der Waals surface area contributed by atoms with Crippen LogP contribution in [0.2, 0.25) is 0 Å². The Hall–Kier alpha value is -1.50. The fourth-order valence-corrected chi connectivity index (χ4v) is 3.83. The topological polar surface area (TPSA) is 45.7 Å². The molecule has 2 aromatic rings. The van der Waals surface area contributed by atoms with E-state index in [9.17, 15) is 4.79 Å². The predicted octanol–water partition coefficient (Wildman–Crippen LogP) is 2.35. The fourth-order valence-electron chi connectivity index (χ4n) is 2.66. The van der Waals surface area contributed by atoms with E-state index in [1.165, 1.54) is 0 Å². The van der Waals surface area contributed by atoms with Gasteiger partial charge in [0, 0.05) is 6.54 Å². The van der Waals surface area contributed by atoms with Gasteiger partial charge < -0.3 is 4.74 Å². The van der Waals surface area contributed by atoms with E-state index < -0.39 is 0 Å². The molecule has 2 heterocycles. The van der Waals surface area contributed by atoms with Crippen molar-refractivity contribution in [2.75, 3.05) is 33.9 Å². The first-order chi connectivity index (χ1) is 10.1. The van der Waals surface area contributed by atoms with Crippen LogP contribution in [-0.2, 0) is 4.74 Å². The second-order valence-corrected chi connectivity index (χ2v) is 6.47. The number of thiazole rings is 1. The molecule has 3 rings (SSSR count). The highest BCUT2D eigenvalue weighted by Gasteiger charge is 2.29. The fraction of sp³-hybridized carbons (Fsp3) is 0.467. The van der Waals surface area contributed by atoms with E-state index in [-0.39, 0.29) is 5.97 Å². The Labute approximate surface area is 128 Å². The van der Waals surface area contributed by atoms with Gasteiger partial charge in [-0.25, -0.2) is 9.78 Å². The van der Waals surface area contributed by atoms with Gasteiger partial charge in [0.05, 0.1) is 35.1 Å². The van der Waals surface area contributed by atoms with Crippen LogP contribution < -0.4 is 0 Å². The van der Waals surface area contributed by atoms with E-state index in [4.69, 9.17) is 9.72 Å². The second kappa shape index (κ2) is 5.71. The molecule has 1 aliphatic rings. The molecule has 0 spiro atoms. The minimum Gasteiger partial charge on any atom is -0.462 e. The van der Waals surface area contributed by atoms with Crippen LogP contribution in [-0.4, -0.2) is 54.7 Å². The van der Waals surface area contributed by atoms with Gasteiger partial charge in [0.2, 0.25) is 0 Å². The summed E-state index contributed by atoms with van der Waals surface area (Å²) in [5.74, 6) is -0.271. The first-order valence-corrected chi connectivity index (χ1v) is 7.86. The molecule has 0 radical (unpaired) electrons. The van der Waals surface area contributed by atoms with Crippen LogP contribution in [0.4, 0.5) is 0 Å². The molecule has 6 heteroatoms. The highest BCUT2D eigenvalue weighted by molar-refractivity contribution is 7.18. The van der Waals surface area contributed by atoms with Crippen molar-refractivity contribution in [1.82, 2.24) is 14.8 Å². The maximum Gasteiger partial charge on any atom is 0.338 e. The number of benzene rings is 1. The predicted molar refractivity (Wildman–Crippen MR) is 83.6 cm³/mol. The van der Waals surface area contributed by atoms with E-state index in [0.717, 1.165) is 28.4 Å². The van der Waals surface area contributed by atoms with Gasteiger partial charge in [0.15, 0.2) is 0 Å². The average Bonchev–Trinajstić information content (AvgIpc) is 3.00. The molecule has 1 atom stereocenters. The average molecular weight is 305 g/mol. The Balaban J connectivity index is 1.91. The SMILES string of the molecule is CCOC(=O)c1ccc2nc(C3CN(C)CN3C)sc2c1. The molecule has 1 aromatic heterocycles. The zero-order valence-electron chi connectivity index (χ0n) is 12.5. The molecule has 1 saturated heterocycles. The van der Waals surface area contributed by atoms with Crippen LogP contribution in [0, 0.1) is 0 Å². The summed E-state index contributed by atoms with van der Waals surface area (Å²) in [5, 5.41) is 1.11. The lowest BCUT2D eigenvalue weighted by Gasteiger charge is -2.14. The highest BCUT2D eigenvalue weighted by atomic mass is 32.1. The molecule has 0 amide bonds. The molecule has 1 unspecified atom stereocenters. The van der Waals surface area contributed by atoms with Crippen LogP contribution in [0.1, 0.15) is 28.3 Å². The summed E-state index contributed by atoms with van der Waals surface area (Å²) in [4.78, 5) is 21.1. The van der Waals surface area contributed by atoms with Crippen molar-refractivity contribution < 1.29 is 9.53 Å². The van der Waals surface area contributed by atoms with Gasteiger partial charge in [-0.3, -0.25) is 9.80 Å². The van der Waals surface area contributed by atoms with Gasteiger partial charge in [-0.1, -0.05) is 0 Å². The maximum atomic E-state index is 11.8. The molecule has 5 nitrogen and oxygen atoms in total. The molecular formula is C15H19N3O2S. The van der Waals surface area contributed by atoms with E-state index >= 15 is 0 Å². The van der Waals surface area contributed by atoms with Gasteiger partial charge >= 0.3 is 5.97 Å². The van der Waals surface area contributed by atoms with Crippen molar-refractivity contribution in [3.05, 3.63) is 28.8 Å². The number of likely N-dealkylation sites (N-methyl/N-ethyl adjacent to an activating group) is 2. The van der Waals surface area contributed by atoms with Crippen LogP contribution in [0.3, 0.4) is 0 Å². The van der Waals surface area contributed by atoms with Crippen molar-refractivity contribution in [2.45, 2.75) is 13.0 Å². The van der Waals surface area contributed by atoms with Gasteiger partial charge in [0.1, 0.15) is 5.01 Å². The summed E-state index contributed by atoms with van der Waals surface area (Å²) in [5.41, 5.74) is 1.54. The van der Waals surface area contributed by atoms with Gasteiger partial charge in [0.25, 0.3) is 0 Å². The lowest BCUT2D eigenvalue weighted by Crippen LogP contribution is -2.19. The van der Waals surface area contributed by atoms with Crippen LogP contribution in [0.5, 0.6) is 0 Å². The Morgan fingerprint density at radius 2 is 2.29 bits per heavy atom. The molecule has 21 heavy (non-hydrogen) atoms. The van der Waals surface area contributed by atoms with Crippen LogP contribution >= 0.6 is 11.3 Å². The summed E-state index contributed by atoms with van der Waals surface area (Å²) in [7, 11) is 4.23. The quantitative estimate of drug-likeness (QED) is 0.815. The molecule has 0 aliphatic carbocycles. The third-order valence-corrected chi connectivity index (χ3v) is 4.80. The molecule has 0 N–H and O–H groups in total. The first-order valence-electron chi connectivity index (χ1n) is 7.05. The van der Waals surface area contributed by atoms with Crippen molar-refractivity contribution in [2.24, 2.45) is 0 Å². The summed E-state index contributed by atoms with van der Waals surface area (Å²) >= 11 is 1.66. The number of rotatable bonds is 3. The van der Waals surface area contributed by atoms with Crippen molar-refractivity contribution >= 4 is 27.5 Å². The number of aromatic nitrogens is 1. The molecule has 1 aliphatic heterocycles. The minimum absolute atomic E-state index is 0.271. The van der Waals surface area contributed by atoms with E-state index in [1.807, 2.05) is 19.1 Å². The largest absolute Gasteiger partial charge is 0.462 e. The molecule has 112 valence electrons. The van der Waals surface area contributed by atoms with Gasteiger partial charge in [-0.2, -0.15) is 0 Å². The van der Waals surface area contributed by atoms with Gasteiger partial charge in [-0.05, 0) is 39.2 Å². The molecule has 1 aromatic carbocycles. The van der Waals surface area contributed by atoms with Crippen molar-refractivity contribution in [3.8, 4) is 0 Å². The summed E-state index contributed by atoms with van der Waals surface area (Å²) in [6, 6.07) is 5.90. The zero-order chi connectivity index (χ0) is 15.0. The standard InChI is InChI=1S/C15H19N3O2S/c1-4-20-15(19)10-5-6-11-13(7-10)21-14(16-11)12-8-17(2)9-18(12)3/h5-7,12H,4,8-9H2,1-3H3. The second-order valence-electron chi connectivity index (χ2n) is 5.41. The molecule has 1 fully saturated rings. The molecular weight excluding hydrogens is 286 g/mol.